The van der Waals surface area contributed by atoms with Crippen LogP contribution in [0.3, 0.4) is 0 Å². The van der Waals surface area contributed by atoms with Crippen LogP contribution in [0.15, 0.2) is 36.4 Å². The number of alkyl halides is 3. The Morgan fingerprint density at radius 2 is 1.81 bits per heavy atom. The molecule has 2 nitrogen and oxygen atoms in total. The molecule has 2 aromatic rings. The first-order chi connectivity index (χ1) is 9.75. The number of nitrogens with one attached hydrogen (secondary N) is 1. The lowest BCUT2D eigenvalue weighted by Crippen LogP contribution is -2.08. The molecule has 0 aromatic heterocycles. The maximum atomic E-state index is 13.2. The fraction of sp³-hybridized carbons (Fsp3) is 0.143. The van der Waals surface area contributed by atoms with E-state index in [1.807, 2.05) is 0 Å². The van der Waals surface area contributed by atoms with Crippen LogP contribution in [0.4, 0.5) is 28.9 Å². The lowest BCUT2D eigenvalue weighted by Gasteiger charge is -2.11. The maximum absolute atomic E-state index is 13.2. The van der Waals surface area contributed by atoms with Crippen molar-refractivity contribution in [3.05, 3.63) is 58.4 Å². The lowest BCUT2D eigenvalue weighted by atomic mass is 10.1. The summed E-state index contributed by atoms with van der Waals surface area (Å²) in [7, 11) is 0. The van der Waals surface area contributed by atoms with Crippen LogP contribution >= 0.6 is 11.6 Å². The number of nitrogen functional groups attached to an aromatic ring is 1. The summed E-state index contributed by atoms with van der Waals surface area (Å²) in [6.45, 7) is 0.0289. The van der Waals surface area contributed by atoms with Crippen LogP contribution < -0.4 is 11.1 Å². The van der Waals surface area contributed by atoms with Crippen molar-refractivity contribution in [2.45, 2.75) is 12.7 Å². The Bertz CT molecular complexity index is 656. The molecule has 0 aliphatic heterocycles. The Morgan fingerprint density at radius 3 is 2.43 bits per heavy atom. The highest BCUT2D eigenvalue weighted by atomic mass is 35.5. The van der Waals surface area contributed by atoms with Gasteiger partial charge in [0.2, 0.25) is 0 Å². The van der Waals surface area contributed by atoms with E-state index >= 15 is 0 Å². The highest BCUT2D eigenvalue weighted by Crippen LogP contribution is 2.30. The first kappa shape index (κ1) is 15.4. The van der Waals surface area contributed by atoms with Gasteiger partial charge in [-0.2, -0.15) is 13.2 Å². The zero-order valence-corrected chi connectivity index (χ0v) is 11.4. The molecule has 3 N–H and O–H groups in total. The number of rotatable bonds is 3. The fourth-order valence-corrected chi connectivity index (χ4v) is 1.94. The Hall–Kier alpha value is -1.95. The number of nitrogens with two attached hydrogens (primary N) is 1. The second-order valence-electron chi connectivity index (χ2n) is 4.44. The van der Waals surface area contributed by atoms with Crippen LogP contribution in [0, 0.1) is 5.82 Å². The summed E-state index contributed by atoms with van der Waals surface area (Å²) in [5.41, 5.74) is 5.68. The molecule has 0 amide bonds. The van der Waals surface area contributed by atoms with Gasteiger partial charge in [0.25, 0.3) is 0 Å². The molecule has 21 heavy (non-hydrogen) atoms. The molecule has 112 valence electrons. The molecule has 0 spiro atoms. The van der Waals surface area contributed by atoms with Crippen molar-refractivity contribution < 1.29 is 17.6 Å². The summed E-state index contributed by atoms with van der Waals surface area (Å²) in [6.07, 6.45) is -4.58. The van der Waals surface area contributed by atoms with Gasteiger partial charge in [0, 0.05) is 12.2 Å². The summed E-state index contributed by atoms with van der Waals surface area (Å²) in [4.78, 5) is 0. The second kappa shape index (κ2) is 5.81. The number of hydrogen-bond donors (Lipinski definition) is 2. The molecule has 0 unspecified atom stereocenters. The van der Waals surface area contributed by atoms with Crippen molar-refractivity contribution in [1.29, 1.82) is 0 Å². The topological polar surface area (TPSA) is 38.0 Å². The Balaban J connectivity index is 2.16. The van der Waals surface area contributed by atoms with Crippen molar-refractivity contribution in [1.82, 2.24) is 0 Å². The van der Waals surface area contributed by atoms with Crippen LogP contribution in [-0.2, 0) is 12.7 Å². The molecule has 2 aromatic carbocycles. The van der Waals surface area contributed by atoms with Crippen molar-refractivity contribution >= 4 is 23.0 Å². The van der Waals surface area contributed by atoms with Crippen molar-refractivity contribution in [3.8, 4) is 0 Å². The molecule has 7 heteroatoms. The molecular weight excluding hydrogens is 308 g/mol. The predicted octanol–water partition coefficient (Wildman–Crippen LogP) is 4.69. The molecule has 0 aliphatic rings. The van der Waals surface area contributed by atoms with E-state index in [0.29, 0.717) is 22.5 Å². The van der Waals surface area contributed by atoms with Gasteiger partial charge < -0.3 is 11.1 Å². The zero-order chi connectivity index (χ0) is 15.6. The van der Waals surface area contributed by atoms with E-state index in [2.05, 4.69) is 5.32 Å². The van der Waals surface area contributed by atoms with E-state index in [1.165, 1.54) is 0 Å². The van der Waals surface area contributed by atoms with Gasteiger partial charge in [-0.25, -0.2) is 4.39 Å². The molecule has 0 saturated heterocycles. The fourth-order valence-electron chi connectivity index (χ4n) is 1.76. The zero-order valence-electron chi connectivity index (χ0n) is 10.6. The quantitative estimate of drug-likeness (QED) is 0.636. The highest BCUT2D eigenvalue weighted by molar-refractivity contribution is 6.33. The van der Waals surface area contributed by atoms with Gasteiger partial charge in [-0.1, -0.05) is 11.6 Å². The largest absolute Gasteiger partial charge is 0.416 e. The van der Waals surface area contributed by atoms with E-state index in [0.717, 1.165) is 12.1 Å². The normalized spacial score (nSPS) is 11.5. The minimum atomic E-state index is -4.58. The number of anilines is 2. The van der Waals surface area contributed by atoms with Gasteiger partial charge in [-0.05, 0) is 42.0 Å². The first-order valence-electron chi connectivity index (χ1n) is 5.91. The molecule has 0 bridgehead atoms. The summed E-state index contributed by atoms with van der Waals surface area (Å²) in [5.74, 6) is -0.933. The van der Waals surface area contributed by atoms with Gasteiger partial charge >= 0.3 is 6.18 Å². The van der Waals surface area contributed by atoms with Gasteiger partial charge in [0.05, 0.1) is 16.3 Å². The van der Waals surface area contributed by atoms with Crippen molar-refractivity contribution in [2.24, 2.45) is 0 Å². The molecule has 0 aliphatic carbocycles. The van der Waals surface area contributed by atoms with Crippen LogP contribution in [0.1, 0.15) is 11.1 Å². The summed E-state index contributed by atoms with van der Waals surface area (Å²) in [6, 6.07) is 7.14. The minimum Gasteiger partial charge on any atom is -0.398 e. The van der Waals surface area contributed by atoms with Crippen molar-refractivity contribution in [2.75, 3.05) is 11.1 Å². The smallest absolute Gasteiger partial charge is 0.398 e. The predicted molar refractivity (Wildman–Crippen MR) is 74.6 cm³/mol. The molecular formula is C14H11ClF4N2. The van der Waals surface area contributed by atoms with Gasteiger partial charge in [0.1, 0.15) is 5.82 Å². The molecule has 0 saturated carbocycles. The van der Waals surface area contributed by atoms with Crippen LogP contribution in [0.2, 0.25) is 5.02 Å². The third-order valence-electron chi connectivity index (χ3n) is 2.78. The average Bonchev–Trinajstić information content (AvgIpc) is 2.38. The summed E-state index contributed by atoms with van der Waals surface area (Å²) < 4.78 is 51.0. The Morgan fingerprint density at radius 1 is 1.10 bits per heavy atom. The van der Waals surface area contributed by atoms with Gasteiger partial charge in [-0.15, -0.1) is 0 Å². The van der Waals surface area contributed by atoms with E-state index < -0.39 is 17.6 Å². The molecule has 0 heterocycles. The highest BCUT2D eigenvalue weighted by Gasteiger charge is 2.31. The second-order valence-corrected chi connectivity index (χ2v) is 4.84. The first-order valence-corrected chi connectivity index (χ1v) is 6.29. The molecule has 0 atom stereocenters. The Kier molecular flexibility index (Phi) is 4.27. The van der Waals surface area contributed by atoms with Crippen LogP contribution in [0.25, 0.3) is 0 Å². The van der Waals surface area contributed by atoms with Crippen LogP contribution in [-0.4, -0.2) is 0 Å². The minimum absolute atomic E-state index is 0.0289. The van der Waals surface area contributed by atoms with Crippen LogP contribution in [0.5, 0.6) is 0 Å². The average molecular weight is 319 g/mol. The third kappa shape index (κ3) is 4.01. The molecule has 2 rings (SSSR count). The monoisotopic (exact) mass is 318 g/mol. The SMILES string of the molecule is Nc1ccc(NCc2cc(F)cc(C(F)(F)F)c2)cc1Cl. The van der Waals surface area contributed by atoms with Crippen molar-refractivity contribution in [3.63, 3.8) is 0 Å². The molecule has 0 radical (unpaired) electrons. The summed E-state index contributed by atoms with van der Waals surface area (Å²) >= 11 is 5.83. The maximum Gasteiger partial charge on any atom is 0.416 e. The Labute approximate surface area is 123 Å². The third-order valence-corrected chi connectivity index (χ3v) is 3.11. The number of hydrogen-bond acceptors (Lipinski definition) is 2. The van der Waals surface area contributed by atoms with E-state index in [-0.39, 0.29) is 12.1 Å². The number of halogens is 5. The van der Waals surface area contributed by atoms with E-state index in [4.69, 9.17) is 17.3 Å². The van der Waals surface area contributed by atoms with E-state index in [1.54, 1.807) is 18.2 Å². The lowest BCUT2D eigenvalue weighted by molar-refractivity contribution is -0.137. The molecule has 0 fully saturated rings. The van der Waals surface area contributed by atoms with Gasteiger partial charge in [0.15, 0.2) is 0 Å². The standard InChI is InChI=1S/C14H11ClF4N2/c15-12-6-11(1-2-13(12)20)21-7-8-3-9(14(17,18)19)5-10(16)4-8/h1-6,21H,7,20H2. The summed E-state index contributed by atoms with van der Waals surface area (Å²) in [5, 5.41) is 3.19. The van der Waals surface area contributed by atoms with E-state index in [9.17, 15) is 17.6 Å². The number of benzene rings is 2. The van der Waals surface area contributed by atoms with Gasteiger partial charge in [-0.3, -0.25) is 0 Å².